The van der Waals surface area contributed by atoms with Crippen LogP contribution in [0.25, 0.3) is 21.7 Å². The molecule has 0 fully saturated rings. The first-order valence-corrected chi connectivity index (χ1v) is 8.58. The summed E-state index contributed by atoms with van der Waals surface area (Å²) < 4.78 is 5.47. The van der Waals surface area contributed by atoms with Crippen molar-refractivity contribution in [1.82, 2.24) is 0 Å². The minimum Gasteiger partial charge on any atom is -0.422 e. The Morgan fingerprint density at radius 2 is 1.69 bits per heavy atom. The molecule has 0 amide bonds. The van der Waals surface area contributed by atoms with Gasteiger partial charge in [0.2, 0.25) is 0 Å². The van der Waals surface area contributed by atoms with Crippen molar-refractivity contribution >= 4 is 27.5 Å². The summed E-state index contributed by atoms with van der Waals surface area (Å²) in [6.45, 7) is 3.98. The summed E-state index contributed by atoms with van der Waals surface area (Å²) in [7, 11) is 0. The summed E-state index contributed by atoms with van der Waals surface area (Å²) in [5, 5.41) is 2.93. The minimum absolute atomic E-state index is 0.0317. The van der Waals surface area contributed by atoms with Gasteiger partial charge in [0.05, 0.1) is 0 Å². The maximum Gasteiger partial charge on any atom is 0.339 e. The van der Waals surface area contributed by atoms with Gasteiger partial charge in [0, 0.05) is 22.9 Å². The fourth-order valence-electron chi connectivity index (χ4n) is 3.23. The second-order valence-corrected chi connectivity index (χ2v) is 6.66. The lowest BCUT2D eigenvalue weighted by Gasteiger charge is -2.07. The van der Waals surface area contributed by atoms with Gasteiger partial charge in [0.1, 0.15) is 5.58 Å². The van der Waals surface area contributed by atoms with Gasteiger partial charge in [-0.05, 0) is 53.9 Å². The zero-order valence-corrected chi connectivity index (χ0v) is 14.7. The topological polar surface area (TPSA) is 47.3 Å². The van der Waals surface area contributed by atoms with E-state index in [0.29, 0.717) is 16.7 Å². The molecule has 0 aliphatic heterocycles. The minimum atomic E-state index is -0.454. The summed E-state index contributed by atoms with van der Waals surface area (Å²) in [5.41, 5.74) is 3.29. The summed E-state index contributed by atoms with van der Waals surface area (Å²) in [6.07, 6.45) is 0.0317. The van der Waals surface area contributed by atoms with Crippen molar-refractivity contribution in [3.63, 3.8) is 0 Å². The lowest BCUT2D eigenvalue weighted by Crippen LogP contribution is -2.13. The molecule has 0 spiro atoms. The quantitative estimate of drug-likeness (QED) is 0.299. The Balaban J connectivity index is 1.79. The van der Waals surface area contributed by atoms with Crippen LogP contribution in [-0.4, -0.2) is 5.78 Å². The molecule has 0 aliphatic rings. The number of benzene rings is 3. The molecule has 1 aromatic heterocycles. The molecule has 3 heteroatoms. The Morgan fingerprint density at radius 1 is 0.885 bits per heavy atom. The predicted molar refractivity (Wildman–Crippen MR) is 104 cm³/mol. The molecule has 1 heterocycles. The average molecular weight is 342 g/mol. The molecule has 0 saturated carbocycles. The number of rotatable bonds is 3. The SMILES string of the molecule is Cc1ccc(C(=O)Cc2cc3c(ccc4ccccc43)oc2=O)cc1C. The third-order valence-electron chi connectivity index (χ3n) is 4.89. The summed E-state index contributed by atoms with van der Waals surface area (Å²) in [5.74, 6) is -0.0833. The van der Waals surface area contributed by atoms with E-state index >= 15 is 0 Å². The maximum atomic E-state index is 12.6. The molecule has 0 radical (unpaired) electrons. The second-order valence-electron chi connectivity index (χ2n) is 6.66. The van der Waals surface area contributed by atoms with Gasteiger partial charge in [0.25, 0.3) is 0 Å². The lowest BCUT2D eigenvalue weighted by atomic mass is 9.98. The molecule has 0 N–H and O–H groups in total. The summed E-state index contributed by atoms with van der Waals surface area (Å²) in [4.78, 5) is 25.0. The van der Waals surface area contributed by atoms with E-state index in [-0.39, 0.29) is 12.2 Å². The smallest absolute Gasteiger partial charge is 0.339 e. The van der Waals surface area contributed by atoms with Crippen LogP contribution in [0.2, 0.25) is 0 Å². The van der Waals surface area contributed by atoms with Gasteiger partial charge in [-0.15, -0.1) is 0 Å². The molecule has 3 nitrogen and oxygen atoms in total. The van der Waals surface area contributed by atoms with E-state index in [2.05, 4.69) is 0 Å². The van der Waals surface area contributed by atoms with Gasteiger partial charge < -0.3 is 4.42 Å². The van der Waals surface area contributed by atoms with E-state index in [1.807, 2.05) is 62.4 Å². The highest BCUT2D eigenvalue weighted by molar-refractivity contribution is 6.06. The van der Waals surface area contributed by atoms with E-state index in [1.165, 1.54) is 0 Å². The van der Waals surface area contributed by atoms with Crippen molar-refractivity contribution in [1.29, 1.82) is 0 Å². The first kappa shape index (κ1) is 16.3. The van der Waals surface area contributed by atoms with Crippen LogP contribution in [-0.2, 0) is 6.42 Å². The molecular weight excluding hydrogens is 324 g/mol. The fourth-order valence-corrected chi connectivity index (χ4v) is 3.23. The highest BCUT2D eigenvalue weighted by Crippen LogP contribution is 2.25. The highest BCUT2D eigenvalue weighted by Gasteiger charge is 2.14. The first-order chi connectivity index (χ1) is 12.5. The number of hydrogen-bond donors (Lipinski definition) is 0. The number of hydrogen-bond acceptors (Lipinski definition) is 3. The number of Topliss-reactive ketones (excluding diaryl/α,β-unsaturated/α-hetero) is 1. The van der Waals surface area contributed by atoms with Crippen molar-refractivity contribution in [3.05, 3.63) is 93.3 Å². The zero-order chi connectivity index (χ0) is 18.3. The second kappa shape index (κ2) is 6.26. The Labute approximate surface area is 150 Å². The van der Waals surface area contributed by atoms with Crippen LogP contribution in [0.15, 0.2) is 69.9 Å². The lowest BCUT2D eigenvalue weighted by molar-refractivity contribution is 0.0992. The van der Waals surface area contributed by atoms with E-state index < -0.39 is 5.63 Å². The van der Waals surface area contributed by atoms with Crippen LogP contribution in [0.4, 0.5) is 0 Å². The molecule has 0 bridgehead atoms. The van der Waals surface area contributed by atoms with Crippen LogP contribution >= 0.6 is 0 Å². The number of aryl methyl sites for hydroxylation is 2. The van der Waals surface area contributed by atoms with E-state index in [4.69, 9.17) is 4.42 Å². The standard InChI is InChI=1S/C23H18O3/c1-14-7-8-17(11-15(14)2)21(24)13-18-12-20-19-6-4-3-5-16(19)9-10-22(20)26-23(18)25/h3-12H,13H2,1-2H3. The molecule has 128 valence electrons. The summed E-state index contributed by atoms with van der Waals surface area (Å²) >= 11 is 0. The molecule has 0 aliphatic carbocycles. The Morgan fingerprint density at radius 3 is 2.50 bits per heavy atom. The van der Waals surface area contributed by atoms with E-state index in [1.54, 1.807) is 12.1 Å². The summed E-state index contributed by atoms with van der Waals surface area (Å²) in [6, 6.07) is 19.1. The molecule has 0 atom stereocenters. The number of ketones is 1. The molecule has 4 aromatic rings. The van der Waals surface area contributed by atoms with Gasteiger partial charge in [-0.25, -0.2) is 4.79 Å². The van der Waals surface area contributed by atoms with Gasteiger partial charge in [-0.1, -0.05) is 42.5 Å². The Bertz CT molecular complexity index is 1220. The van der Waals surface area contributed by atoms with Crippen LogP contribution < -0.4 is 5.63 Å². The zero-order valence-electron chi connectivity index (χ0n) is 14.7. The van der Waals surface area contributed by atoms with Crippen LogP contribution in [0, 0.1) is 13.8 Å². The molecule has 3 aromatic carbocycles. The largest absolute Gasteiger partial charge is 0.422 e. The Hall–Kier alpha value is -3.20. The molecule has 0 unspecified atom stereocenters. The number of carbonyl (C=O) groups is 1. The molecule has 0 saturated heterocycles. The normalized spacial score (nSPS) is 11.2. The highest BCUT2D eigenvalue weighted by atomic mass is 16.4. The van der Waals surface area contributed by atoms with Crippen molar-refractivity contribution in [2.45, 2.75) is 20.3 Å². The van der Waals surface area contributed by atoms with Gasteiger partial charge in [-0.3, -0.25) is 4.79 Å². The third kappa shape index (κ3) is 2.82. The van der Waals surface area contributed by atoms with Crippen LogP contribution in [0.1, 0.15) is 27.0 Å². The first-order valence-electron chi connectivity index (χ1n) is 8.58. The van der Waals surface area contributed by atoms with E-state index in [9.17, 15) is 9.59 Å². The Kier molecular flexibility index (Phi) is 3.92. The fraction of sp³-hybridized carbons (Fsp3) is 0.130. The maximum absolute atomic E-state index is 12.6. The van der Waals surface area contributed by atoms with Crippen LogP contribution in [0.5, 0.6) is 0 Å². The van der Waals surface area contributed by atoms with Gasteiger partial charge >= 0.3 is 5.63 Å². The molecular formula is C23H18O3. The number of fused-ring (bicyclic) bond motifs is 3. The van der Waals surface area contributed by atoms with Crippen molar-refractivity contribution < 1.29 is 9.21 Å². The molecule has 4 rings (SSSR count). The van der Waals surface area contributed by atoms with Crippen LogP contribution in [0.3, 0.4) is 0 Å². The number of carbonyl (C=O) groups excluding carboxylic acids is 1. The van der Waals surface area contributed by atoms with E-state index in [0.717, 1.165) is 27.3 Å². The molecule has 26 heavy (non-hydrogen) atoms. The monoisotopic (exact) mass is 342 g/mol. The van der Waals surface area contributed by atoms with Gasteiger partial charge in [-0.2, -0.15) is 0 Å². The third-order valence-corrected chi connectivity index (χ3v) is 4.89. The van der Waals surface area contributed by atoms with Gasteiger partial charge in [0.15, 0.2) is 5.78 Å². The average Bonchev–Trinajstić information content (AvgIpc) is 2.64. The predicted octanol–water partition coefficient (Wildman–Crippen LogP) is 4.99. The van der Waals surface area contributed by atoms with Crippen molar-refractivity contribution in [3.8, 4) is 0 Å². The van der Waals surface area contributed by atoms with Crippen molar-refractivity contribution in [2.75, 3.05) is 0 Å². The van der Waals surface area contributed by atoms with Crippen molar-refractivity contribution in [2.24, 2.45) is 0 Å².